The molecule has 0 amide bonds. The van der Waals surface area contributed by atoms with Gasteiger partial charge in [0.1, 0.15) is 0 Å². The van der Waals surface area contributed by atoms with Crippen LogP contribution in [0.15, 0.2) is 187 Å². The predicted molar refractivity (Wildman–Crippen MR) is 407 cm³/mol. The number of hydrogen-bond donors (Lipinski definition) is 3. The topological polar surface area (TPSA) is 36.1 Å². The fourth-order valence-electron chi connectivity index (χ4n) is 16.7. The second-order valence-electron chi connectivity index (χ2n) is 27.4. The molecule has 0 radical (unpaired) electrons. The van der Waals surface area contributed by atoms with E-state index in [1.54, 1.807) is 0 Å². The highest BCUT2D eigenvalue weighted by Crippen LogP contribution is 2.56. The molecule has 0 saturated carbocycles. The van der Waals surface area contributed by atoms with Crippen molar-refractivity contribution in [2.45, 2.75) is 163 Å². The zero-order chi connectivity index (χ0) is 63.2. The van der Waals surface area contributed by atoms with Gasteiger partial charge in [-0.2, -0.15) is 0 Å². The first kappa shape index (κ1) is 60.5. The fourth-order valence-corrected chi connectivity index (χ4v) is 20.0. The van der Waals surface area contributed by atoms with Gasteiger partial charge < -0.3 is 16.0 Å². The van der Waals surface area contributed by atoms with E-state index >= 15 is 0 Å². The van der Waals surface area contributed by atoms with E-state index < -0.39 is 0 Å². The van der Waals surface area contributed by atoms with E-state index in [-0.39, 0.29) is 0 Å². The second kappa shape index (κ2) is 24.6. The number of thiophene rings is 3. The van der Waals surface area contributed by atoms with E-state index in [2.05, 4.69) is 262 Å². The Bertz CT molecular complexity index is 4990. The number of rotatable bonds is 10. The Labute approximate surface area is 557 Å². The van der Waals surface area contributed by atoms with Crippen LogP contribution < -0.4 is 16.0 Å². The average molecular weight is 1260 g/mol. The Hall–Kier alpha value is -7.74. The van der Waals surface area contributed by atoms with Gasteiger partial charge in [0.2, 0.25) is 0 Å². The minimum atomic E-state index is 0.428. The Kier molecular flexibility index (Phi) is 16.2. The lowest BCUT2D eigenvalue weighted by Crippen LogP contribution is -2.30. The van der Waals surface area contributed by atoms with Crippen LogP contribution in [0.4, 0.5) is 17.1 Å². The van der Waals surface area contributed by atoms with E-state index in [1.165, 1.54) is 217 Å². The minimum Gasteiger partial charge on any atom is -0.382 e. The Morgan fingerprint density at radius 2 is 0.848 bits per heavy atom. The molecule has 3 aliphatic carbocycles. The molecule has 17 rings (SSSR count). The molecule has 5 heterocycles. The maximum atomic E-state index is 3.94. The van der Waals surface area contributed by atoms with E-state index in [0.717, 1.165) is 6.42 Å². The summed E-state index contributed by atoms with van der Waals surface area (Å²) in [5, 5.41) is 20.3. The summed E-state index contributed by atoms with van der Waals surface area (Å²) in [5.74, 6) is 1.95. The third kappa shape index (κ3) is 10.1. The molecular formula is C86H87N3S3. The molecule has 3 aromatic heterocycles. The number of hydrogen-bond acceptors (Lipinski definition) is 6. The van der Waals surface area contributed by atoms with Gasteiger partial charge in [-0.05, 0) is 175 Å². The molecule has 0 saturated heterocycles. The van der Waals surface area contributed by atoms with E-state index in [1.807, 2.05) is 34.0 Å². The molecule has 0 bridgehead atoms. The van der Waals surface area contributed by atoms with Gasteiger partial charge in [-0.15, -0.1) is 34.0 Å². The molecule has 6 heteroatoms. The summed E-state index contributed by atoms with van der Waals surface area (Å²) in [6, 6.07) is 65.2. The van der Waals surface area contributed by atoms with Crippen molar-refractivity contribution in [1.29, 1.82) is 0 Å². The summed E-state index contributed by atoms with van der Waals surface area (Å²) in [4.78, 5) is 0. The highest BCUT2D eigenvalue weighted by atomic mass is 32.1. The van der Waals surface area contributed by atoms with Gasteiger partial charge in [0.05, 0.1) is 0 Å². The van der Waals surface area contributed by atoms with E-state index in [0.29, 0.717) is 41.8 Å². The molecule has 6 unspecified atom stereocenters. The molecule has 12 aromatic rings. The van der Waals surface area contributed by atoms with Crippen molar-refractivity contribution < 1.29 is 0 Å². The van der Waals surface area contributed by atoms with Crippen molar-refractivity contribution in [2.24, 2.45) is 5.92 Å². The van der Waals surface area contributed by atoms with Crippen molar-refractivity contribution in [1.82, 2.24) is 0 Å². The number of benzene rings is 9. The largest absolute Gasteiger partial charge is 0.382 e. The summed E-state index contributed by atoms with van der Waals surface area (Å²) in [5.41, 5.74) is 28.8. The first-order valence-corrected chi connectivity index (χ1v) is 36.9. The number of nitrogens with one attached hydrogen (secondary N) is 3. The highest BCUT2D eigenvalue weighted by Gasteiger charge is 2.36. The Morgan fingerprint density at radius 1 is 0.435 bits per heavy atom. The summed E-state index contributed by atoms with van der Waals surface area (Å²) in [7, 11) is 0. The number of anilines is 3. The van der Waals surface area contributed by atoms with Gasteiger partial charge in [0.25, 0.3) is 0 Å². The molecule has 5 aliphatic rings. The van der Waals surface area contributed by atoms with Crippen LogP contribution >= 0.6 is 34.0 Å². The van der Waals surface area contributed by atoms with Crippen molar-refractivity contribution in [2.75, 3.05) is 16.0 Å². The third-order valence-corrected chi connectivity index (χ3v) is 25.4. The Morgan fingerprint density at radius 3 is 1.29 bits per heavy atom. The number of fused-ring (bicyclic) bond motifs is 17. The number of allylic oxidation sites excluding steroid dienone is 3. The number of aryl methyl sites for hydroxylation is 2. The summed E-state index contributed by atoms with van der Waals surface area (Å²) >= 11 is 5.76. The van der Waals surface area contributed by atoms with Gasteiger partial charge in [-0.25, -0.2) is 0 Å². The van der Waals surface area contributed by atoms with E-state index in [9.17, 15) is 0 Å². The maximum absolute atomic E-state index is 3.94. The molecule has 0 spiro atoms. The predicted octanol–water partition coefficient (Wildman–Crippen LogP) is 25.5. The molecule has 464 valence electrons. The van der Waals surface area contributed by atoms with Crippen molar-refractivity contribution in [3.8, 4) is 0 Å². The van der Waals surface area contributed by atoms with Gasteiger partial charge in [0.15, 0.2) is 0 Å². The molecule has 92 heavy (non-hydrogen) atoms. The fraction of sp³-hybridized carbons (Fsp3) is 0.302. The quantitative estimate of drug-likeness (QED) is 0.128. The average Bonchev–Trinajstić information content (AvgIpc) is 1.58. The van der Waals surface area contributed by atoms with Crippen molar-refractivity contribution in [3.05, 3.63) is 248 Å². The second-order valence-corrected chi connectivity index (χ2v) is 30.7. The third-order valence-electron chi connectivity index (χ3n) is 22.0. The van der Waals surface area contributed by atoms with Crippen LogP contribution in [-0.2, 0) is 12.8 Å². The zero-order valence-corrected chi connectivity index (χ0v) is 58.0. The van der Waals surface area contributed by atoms with Crippen LogP contribution in [0.5, 0.6) is 0 Å². The maximum Gasteiger partial charge on any atom is 0.0454 e. The lowest BCUT2D eigenvalue weighted by molar-refractivity contribution is 0.483. The molecule has 2 aliphatic heterocycles. The normalized spacial score (nSPS) is 19.2. The molecular weight excluding hydrogens is 1170 g/mol. The standard InChI is InChI=1S/C29H29NS.C29H31NS.C28H27NS/c1-16(2)23-14-12-19-8-7-10-22(29(19)30-23)26-17(3)18(4)27-21(26)13-15-25-28(27)20-9-5-6-11-24(20)31-25;1-5-11-20(6-2)30-24-14-9-7-12-21(24)27-18(3)19(4)28-23(27)16-17-26-29(28)22-13-8-10-15-25(22)31-26;1-4-19-13-12-18-8-7-10-22(28(18)29-19)25-16(2)17(3)26-21(25)14-15-24-27(26)20-9-5-6-11-23(20)30-24/h5-11,13,15-16,18,23,30H,12,14H2,1-4H3;7-10,12-17,19-20,30H,5-6,11H2,1-4H3;5-11,14-15,17,19,29H,4,12-13H2,1-3H3. The molecule has 9 aromatic carbocycles. The monoisotopic (exact) mass is 1260 g/mol. The summed E-state index contributed by atoms with van der Waals surface area (Å²) in [6.45, 7) is 25.7. The zero-order valence-electron chi connectivity index (χ0n) is 55.6. The smallest absolute Gasteiger partial charge is 0.0454 e. The van der Waals surface area contributed by atoms with Gasteiger partial charge in [-0.1, -0.05) is 206 Å². The first-order valence-electron chi connectivity index (χ1n) is 34.4. The van der Waals surface area contributed by atoms with Gasteiger partial charge in [0, 0.05) is 130 Å². The lowest BCUT2D eigenvalue weighted by atomic mass is 9.87. The van der Waals surface area contributed by atoms with Crippen molar-refractivity contribution >= 4 is 128 Å². The molecule has 3 N–H and O–H groups in total. The van der Waals surface area contributed by atoms with Gasteiger partial charge in [-0.3, -0.25) is 0 Å². The first-order chi connectivity index (χ1) is 44.8. The van der Waals surface area contributed by atoms with Crippen molar-refractivity contribution in [3.63, 3.8) is 0 Å². The van der Waals surface area contributed by atoms with E-state index in [4.69, 9.17) is 0 Å². The van der Waals surface area contributed by atoms with Crippen LogP contribution in [0.2, 0.25) is 0 Å². The SMILES string of the molecule is CC1=C(c2cccc3c2NC(C(C)C)CC3)c2ccc3sc4ccccc4c3c2C1C.CCC1CCc2cccc(C3=C(C)C(C)c4c3ccc3sc5ccccc5c43)c2N1.CCCC(CC)Nc1ccccc1C1=C(C)C(C)c2c1ccc1sc3ccccc3c21. The van der Waals surface area contributed by atoms with Gasteiger partial charge >= 0.3 is 0 Å². The number of para-hydroxylation sites is 3. The van der Waals surface area contributed by atoms with Crippen LogP contribution in [0.3, 0.4) is 0 Å². The molecule has 3 nitrogen and oxygen atoms in total. The summed E-state index contributed by atoms with van der Waals surface area (Å²) in [6.07, 6.45) is 9.55. The minimum absolute atomic E-state index is 0.428. The van der Waals surface area contributed by atoms with Crippen LogP contribution in [0.1, 0.15) is 194 Å². The molecule has 6 atom stereocenters. The van der Waals surface area contributed by atoms with Crippen LogP contribution in [0, 0.1) is 5.92 Å². The summed E-state index contributed by atoms with van der Waals surface area (Å²) < 4.78 is 8.40. The molecule has 0 fully saturated rings. The Balaban J connectivity index is 0.000000115. The lowest BCUT2D eigenvalue weighted by Gasteiger charge is -2.32. The highest BCUT2D eigenvalue weighted by molar-refractivity contribution is 7.26. The van der Waals surface area contributed by atoms with Crippen LogP contribution in [-0.4, -0.2) is 18.1 Å². The van der Waals surface area contributed by atoms with Crippen LogP contribution in [0.25, 0.3) is 77.2 Å².